The molecule has 0 bridgehead atoms. The molecule has 4 aromatic rings. The summed E-state index contributed by atoms with van der Waals surface area (Å²) in [5, 5.41) is 14.1. The maximum Gasteiger partial charge on any atom is 0.254 e. The van der Waals surface area contributed by atoms with E-state index in [1.807, 2.05) is 25.1 Å². The van der Waals surface area contributed by atoms with Crippen LogP contribution in [0, 0.1) is 18.7 Å². The molecule has 1 aliphatic carbocycles. The molecule has 4 aromatic heterocycles. The second kappa shape index (κ2) is 7.47. The van der Waals surface area contributed by atoms with Crippen molar-refractivity contribution < 1.29 is 9.13 Å². The topological polar surface area (TPSA) is 78.1 Å². The highest BCUT2D eigenvalue weighted by molar-refractivity contribution is 7.11. The van der Waals surface area contributed by atoms with Crippen LogP contribution in [0.3, 0.4) is 0 Å². The number of aromatic nitrogens is 6. The van der Waals surface area contributed by atoms with E-state index in [9.17, 15) is 0 Å². The van der Waals surface area contributed by atoms with Crippen LogP contribution in [-0.4, -0.2) is 36.4 Å². The molecule has 0 aromatic carbocycles. The molecule has 0 unspecified atom stereocenters. The van der Waals surface area contributed by atoms with Gasteiger partial charge >= 0.3 is 0 Å². The van der Waals surface area contributed by atoms with Gasteiger partial charge < -0.3 is 4.74 Å². The van der Waals surface area contributed by atoms with Crippen molar-refractivity contribution in [2.75, 3.05) is 6.61 Å². The molecule has 9 heteroatoms. The average Bonchev–Trinajstić information content (AvgIpc) is 3.15. The first-order chi connectivity index (χ1) is 14.2. The van der Waals surface area contributed by atoms with E-state index in [-0.39, 0.29) is 5.88 Å². The van der Waals surface area contributed by atoms with E-state index >= 15 is 4.39 Å². The van der Waals surface area contributed by atoms with Gasteiger partial charge in [0.25, 0.3) is 5.88 Å². The Hall–Kier alpha value is -2.94. The van der Waals surface area contributed by atoms with Crippen LogP contribution in [0.25, 0.3) is 5.65 Å². The highest BCUT2D eigenvalue weighted by Gasteiger charge is 2.40. The highest BCUT2D eigenvalue weighted by atomic mass is 32.1. The zero-order chi connectivity index (χ0) is 19.8. The monoisotopic (exact) mass is 410 g/mol. The number of pyridine rings is 1. The van der Waals surface area contributed by atoms with Crippen molar-refractivity contribution in [2.45, 2.75) is 32.1 Å². The van der Waals surface area contributed by atoms with Crippen LogP contribution in [0.15, 0.2) is 36.7 Å². The van der Waals surface area contributed by atoms with E-state index in [2.05, 4.69) is 25.3 Å². The highest BCUT2D eigenvalue weighted by Crippen LogP contribution is 2.46. The zero-order valence-corrected chi connectivity index (χ0v) is 16.6. The summed E-state index contributed by atoms with van der Waals surface area (Å²) in [6.07, 6.45) is 5.44. The summed E-state index contributed by atoms with van der Waals surface area (Å²) >= 11 is 1.52. The fraction of sp³-hybridized carbons (Fsp3) is 0.350. The SMILES string of the molecule is Cc1nnc(CCc2c(F)c(OC[C@H]3C[C@@H]3c3ccccn3)nc3ccnn23)s1. The number of nitrogens with zero attached hydrogens (tertiary/aromatic N) is 6. The Balaban J connectivity index is 1.32. The third-order valence-electron chi connectivity index (χ3n) is 5.10. The predicted molar refractivity (Wildman–Crippen MR) is 106 cm³/mol. The lowest BCUT2D eigenvalue weighted by molar-refractivity contribution is 0.269. The molecule has 148 valence electrons. The molecule has 5 rings (SSSR count). The average molecular weight is 410 g/mol. The van der Waals surface area contributed by atoms with Crippen molar-refractivity contribution >= 4 is 17.0 Å². The third kappa shape index (κ3) is 3.69. The molecule has 29 heavy (non-hydrogen) atoms. The fourth-order valence-corrected chi connectivity index (χ4v) is 4.22. The first kappa shape index (κ1) is 18.1. The van der Waals surface area contributed by atoms with Gasteiger partial charge in [-0.2, -0.15) is 14.5 Å². The van der Waals surface area contributed by atoms with Crippen LogP contribution in [0.5, 0.6) is 5.88 Å². The van der Waals surface area contributed by atoms with E-state index in [0.717, 1.165) is 22.1 Å². The quantitative estimate of drug-likeness (QED) is 0.465. The van der Waals surface area contributed by atoms with Gasteiger partial charge in [0.15, 0.2) is 5.65 Å². The van der Waals surface area contributed by atoms with Crippen molar-refractivity contribution in [3.63, 3.8) is 0 Å². The Morgan fingerprint density at radius 3 is 2.93 bits per heavy atom. The fourth-order valence-electron chi connectivity index (χ4n) is 3.51. The minimum Gasteiger partial charge on any atom is -0.475 e. The van der Waals surface area contributed by atoms with Gasteiger partial charge in [-0.05, 0) is 31.9 Å². The van der Waals surface area contributed by atoms with E-state index in [1.165, 1.54) is 15.9 Å². The number of halogens is 1. The van der Waals surface area contributed by atoms with Crippen molar-refractivity contribution in [3.8, 4) is 5.88 Å². The summed E-state index contributed by atoms with van der Waals surface area (Å²) in [6, 6.07) is 7.66. The molecule has 1 saturated carbocycles. The summed E-state index contributed by atoms with van der Waals surface area (Å²) in [5.41, 5.74) is 2.08. The van der Waals surface area contributed by atoms with Gasteiger partial charge in [0.2, 0.25) is 5.82 Å². The second-order valence-corrected chi connectivity index (χ2v) is 8.43. The number of fused-ring (bicyclic) bond motifs is 1. The van der Waals surface area contributed by atoms with Crippen LogP contribution in [0.4, 0.5) is 4.39 Å². The van der Waals surface area contributed by atoms with Crippen LogP contribution in [0.2, 0.25) is 0 Å². The number of ether oxygens (including phenoxy) is 1. The maximum atomic E-state index is 15.2. The molecule has 0 aliphatic heterocycles. The molecule has 7 nitrogen and oxygen atoms in total. The van der Waals surface area contributed by atoms with Gasteiger partial charge in [-0.15, -0.1) is 21.5 Å². The van der Waals surface area contributed by atoms with Gasteiger partial charge in [0, 0.05) is 36.2 Å². The first-order valence-electron chi connectivity index (χ1n) is 9.54. The van der Waals surface area contributed by atoms with Gasteiger partial charge in [-0.1, -0.05) is 6.07 Å². The largest absolute Gasteiger partial charge is 0.475 e. The first-order valence-corrected chi connectivity index (χ1v) is 10.4. The van der Waals surface area contributed by atoms with E-state index in [0.29, 0.717) is 42.6 Å². The number of aryl methyl sites for hydroxylation is 3. The van der Waals surface area contributed by atoms with E-state index < -0.39 is 5.82 Å². The van der Waals surface area contributed by atoms with E-state index in [1.54, 1.807) is 18.5 Å². The van der Waals surface area contributed by atoms with E-state index in [4.69, 9.17) is 4.74 Å². The predicted octanol–water partition coefficient (Wildman–Crippen LogP) is 3.39. The van der Waals surface area contributed by atoms with Crippen LogP contribution in [0.1, 0.15) is 33.7 Å². The molecular weight excluding hydrogens is 391 g/mol. The smallest absolute Gasteiger partial charge is 0.254 e. The minimum absolute atomic E-state index is 0.0353. The number of hydrogen-bond acceptors (Lipinski definition) is 7. The molecule has 0 spiro atoms. The molecule has 1 fully saturated rings. The summed E-state index contributed by atoms with van der Waals surface area (Å²) < 4.78 is 22.5. The molecule has 2 atom stereocenters. The lowest BCUT2D eigenvalue weighted by Crippen LogP contribution is -2.11. The number of rotatable bonds is 7. The molecule has 4 heterocycles. The lowest BCUT2D eigenvalue weighted by Gasteiger charge is -2.11. The summed E-state index contributed by atoms with van der Waals surface area (Å²) in [7, 11) is 0. The van der Waals surface area contributed by atoms with Gasteiger partial charge in [0.1, 0.15) is 10.0 Å². The van der Waals surface area contributed by atoms with Crippen molar-refractivity contribution in [3.05, 3.63) is 63.9 Å². The Labute approximate surface area is 170 Å². The Bertz CT molecular complexity index is 1140. The Morgan fingerprint density at radius 1 is 1.21 bits per heavy atom. The maximum absolute atomic E-state index is 15.2. The Kier molecular flexibility index (Phi) is 4.67. The van der Waals surface area contributed by atoms with Crippen LogP contribution >= 0.6 is 11.3 Å². The second-order valence-electron chi connectivity index (χ2n) is 7.16. The minimum atomic E-state index is -0.461. The summed E-state index contributed by atoms with van der Waals surface area (Å²) in [6.45, 7) is 2.33. The zero-order valence-electron chi connectivity index (χ0n) is 15.8. The van der Waals surface area contributed by atoms with Crippen molar-refractivity contribution in [1.29, 1.82) is 0 Å². The van der Waals surface area contributed by atoms with Gasteiger partial charge in [-0.3, -0.25) is 4.98 Å². The summed E-state index contributed by atoms with van der Waals surface area (Å²) in [4.78, 5) is 8.71. The third-order valence-corrected chi connectivity index (χ3v) is 6.00. The van der Waals surface area contributed by atoms with Gasteiger partial charge in [-0.25, -0.2) is 4.52 Å². The van der Waals surface area contributed by atoms with Crippen LogP contribution in [-0.2, 0) is 12.8 Å². The van der Waals surface area contributed by atoms with Crippen molar-refractivity contribution in [1.82, 2.24) is 29.8 Å². The molecule has 1 aliphatic rings. The normalized spacial score (nSPS) is 18.3. The van der Waals surface area contributed by atoms with Crippen molar-refractivity contribution in [2.24, 2.45) is 5.92 Å². The molecule has 0 saturated heterocycles. The molecule has 0 amide bonds. The van der Waals surface area contributed by atoms with Gasteiger partial charge in [0.05, 0.1) is 18.5 Å². The molecule has 0 N–H and O–H groups in total. The molecule has 0 radical (unpaired) electrons. The molecular formula is C20H19FN6OS. The summed E-state index contributed by atoms with van der Waals surface area (Å²) in [5.74, 6) is 0.281. The Morgan fingerprint density at radius 2 is 2.14 bits per heavy atom. The lowest BCUT2D eigenvalue weighted by atomic mass is 10.2. The number of hydrogen-bond donors (Lipinski definition) is 0. The standard InChI is InChI=1S/C20H19FN6OS/c1-12-25-26-18(29-12)6-5-16-19(21)20(24-17-7-9-23-27(16)17)28-11-13-10-14(13)15-4-2-3-8-22-15/h2-4,7-9,13-14H,5-6,10-11H2,1H3/t13-,14+/m1/s1. The van der Waals surface area contributed by atoms with Crippen LogP contribution < -0.4 is 4.74 Å².